The van der Waals surface area contributed by atoms with Crippen molar-refractivity contribution < 1.29 is 14.7 Å². The third-order valence-corrected chi connectivity index (χ3v) is 5.87. The van der Waals surface area contributed by atoms with Crippen molar-refractivity contribution in [2.24, 2.45) is 0 Å². The number of nitrogens with one attached hydrogen (secondary N) is 1. The molecule has 140 valence electrons. The van der Waals surface area contributed by atoms with Crippen molar-refractivity contribution in [3.63, 3.8) is 0 Å². The smallest absolute Gasteiger partial charge is 0.317 e. The summed E-state index contributed by atoms with van der Waals surface area (Å²) in [5.74, 6) is -0.698. The molecule has 7 heteroatoms. The van der Waals surface area contributed by atoms with Crippen LogP contribution in [-0.4, -0.2) is 71.6 Å². The minimum Gasteiger partial charge on any atom is -0.480 e. The van der Waals surface area contributed by atoms with Crippen LogP contribution < -0.4 is 5.32 Å². The summed E-state index contributed by atoms with van der Waals surface area (Å²) in [5.41, 5.74) is 0. The lowest BCUT2D eigenvalue weighted by Crippen LogP contribution is -2.52. The van der Waals surface area contributed by atoms with Gasteiger partial charge in [0.2, 0.25) is 5.91 Å². The summed E-state index contributed by atoms with van der Waals surface area (Å²) in [4.78, 5) is 28.8. The molecule has 1 aliphatic rings. The molecule has 25 heavy (non-hydrogen) atoms. The molecule has 0 radical (unpaired) electrons. The van der Waals surface area contributed by atoms with E-state index in [1.807, 2.05) is 30.2 Å². The lowest BCUT2D eigenvalue weighted by atomic mass is 10.0. The van der Waals surface area contributed by atoms with E-state index >= 15 is 0 Å². The monoisotopic (exact) mass is 367 g/mol. The number of carboxylic acid groups (broad SMARTS) is 1. The van der Waals surface area contributed by atoms with E-state index in [-0.39, 0.29) is 18.5 Å². The fourth-order valence-electron chi connectivity index (χ4n) is 3.39. The quantitative estimate of drug-likeness (QED) is 0.695. The van der Waals surface area contributed by atoms with Gasteiger partial charge < -0.3 is 10.4 Å². The number of likely N-dealkylation sites (tertiary alicyclic amines) is 1. The number of thiophene rings is 1. The van der Waals surface area contributed by atoms with Gasteiger partial charge in [0.05, 0.1) is 12.6 Å². The van der Waals surface area contributed by atoms with Crippen LogP contribution in [0.2, 0.25) is 0 Å². The van der Waals surface area contributed by atoms with Crippen LogP contribution in [0.25, 0.3) is 0 Å². The standard InChI is InChI=1S/C18H29N3O3S/c1-3-20(13-17(22)23)15-7-10-21(11-8-15)14(2)18(24)19-9-6-16-5-4-12-25-16/h4-5,12,14-15H,3,6-11,13H2,1-2H3,(H,19,24)(H,22,23). The van der Waals surface area contributed by atoms with E-state index in [1.165, 1.54) is 4.88 Å². The third-order valence-electron chi connectivity index (χ3n) is 4.94. The Kier molecular flexibility index (Phi) is 7.87. The second kappa shape index (κ2) is 9.89. The van der Waals surface area contributed by atoms with E-state index in [4.69, 9.17) is 5.11 Å². The topological polar surface area (TPSA) is 72.9 Å². The van der Waals surface area contributed by atoms with Crippen molar-refractivity contribution in [1.82, 2.24) is 15.1 Å². The van der Waals surface area contributed by atoms with Gasteiger partial charge in [-0.1, -0.05) is 13.0 Å². The molecule has 0 spiro atoms. The highest BCUT2D eigenvalue weighted by Crippen LogP contribution is 2.18. The molecule has 1 aliphatic heterocycles. The van der Waals surface area contributed by atoms with Crippen molar-refractivity contribution in [3.8, 4) is 0 Å². The normalized spacial score (nSPS) is 17.6. The van der Waals surface area contributed by atoms with Crippen molar-refractivity contribution in [1.29, 1.82) is 0 Å². The minimum absolute atomic E-state index is 0.0767. The van der Waals surface area contributed by atoms with Gasteiger partial charge in [0.1, 0.15) is 0 Å². The van der Waals surface area contributed by atoms with Gasteiger partial charge in [0, 0.05) is 30.6 Å². The van der Waals surface area contributed by atoms with Crippen molar-refractivity contribution in [3.05, 3.63) is 22.4 Å². The highest BCUT2D eigenvalue weighted by atomic mass is 32.1. The predicted octanol–water partition coefficient (Wildman–Crippen LogP) is 1.67. The molecule has 1 atom stereocenters. The number of piperidine rings is 1. The van der Waals surface area contributed by atoms with Gasteiger partial charge in [-0.2, -0.15) is 0 Å². The average Bonchev–Trinajstić information content (AvgIpc) is 3.12. The van der Waals surface area contributed by atoms with Gasteiger partial charge in [0.15, 0.2) is 0 Å². The summed E-state index contributed by atoms with van der Waals surface area (Å²) in [5, 5.41) is 14.1. The van der Waals surface area contributed by atoms with Gasteiger partial charge >= 0.3 is 5.97 Å². The summed E-state index contributed by atoms with van der Waals surface area (Å²) in [6, 6.07) is 4.27. The summed E-state index contributed by atoms with van der Waals surface area (Å²) in [6.45, 7) is 7.13. The van der Waals surface area contributed by atoms with E-state index in [9.17, 15) is 9.59 Å². The molecule has 2 rings (SSSR count). The molecule has 0 bridgehead atoms. The van der Waals surface area contributed by atoms with Crippen LogP contribution in [-0.2, 0) is 16.0 Å². The molecule has 0 aromatic carbocycles. The second-order valence-corrected chi connectivity index (χ2v) is 7.55. The zero-order valence-electron chi connectivity index (χ0n) is 15.1. The van der Waals surface area contributed by atoms with Crippen LogP contribution in [0.15, 0.2) is 17.5 Å². The molecular formula is C18H29N3O3S. The fraction of sp³-hybridized carbons (Fsp3) is 0.667. The predicted molar refractivity (Wildman–Crippen MR) is 100.0 cm³/mol. The number of carbonyl (C=O) groups excluding carboxylic acids is 1. The van der Waals surface area contributed by atoms with Gasteiger partial charge in [-0.15, -0.1) is 11.3 Å². The Morgan fingerprint density at radius 2 is 2.16 bits per heavy atom. The lowest BCUT2D eigenvalue weighted by Gasteiger charge is -2.39. The SMILES string of the molecule is CCN(CC(=O)O)C1CCN(C(C)C(=O)NCCc2cccs2)CC1. The van der Waals surface area contributed by atoms with Crippen LogP contribution >= 0.6 is 11.3 Å². The number of carboxylic acids is 1. The molecule has 1 fully saturated rings. The maximum absolute atomic E-state index is 12.4. The van der Waals surface area contributed by atoms with Crippen LogP contribution in [0.5, 0.6) is 0 Å². The van der Waals surface area contributed by atoms with Gasteiger partial charge in [-0.25, -0.2) is 0 Å². The van der Waals surface area contributed by atoms with Gasteiger partial charge in [-0.05, 0) is 44.2 Å². The summed E-state index contributed by atoms with van der Waals surface area (Å²) in [6.07, 6.45) is 2.70. The molecule has 2 heterocycles. The summed E-state index contributed by atoms with van der Waals surface area (Å²) in [7, 11) is 0. The first-order chi connectivity index (χ1) is 12.0. The molecule has 0 aliphatic carbocycles. The maximum Gasteiger partial charge on any atom is 0.317 e. The zero-order chi connectivity index (χ0) is 18.2. The molecule has 2 N–H and O–H groups in total. The number of nitrogens with zero attached hydrogens (tertiary/aromatic N) is 2. The van der Waals surface area contributed by atoms with Gasteiger partial charge in [-0.3, -0.25) is 19.4 Å². The number of aliphatic carboxylic acids is 1. The van der Waals surface area contributed by atoms with Crippen LogP contribution in [0.1, 0.15) is 31.6 Å². The molecule has 1 aromatic rings. The molecule has 1 saturated heterocycles. The van der Waals surface area contributed by atoms with Crippen molar-refractivity contribution in [2.45, 2.75) is 45.2 Å². The second-order valence-electron chi connectivity index (χ2n) is 6.52. The average molecular weight is 368 g/mol. The van der Waals surface area contributed by atoms with Crippen molar-refractivity contribution in [2.75, 3.05) is 32.7 Å². The number of carbonyl (C=O) groups is 2. The van der Waals surface area contributed by atoms with E-state index in [2.05, 4.69) is 16.3 Å². The molecule has 1 unspecified atom stereocenters. The Balaban J connectivity index is 1.73. The Morgan fingerprint density at radius 1 is 1.44 bits per heavy atom. The Bertz CT molecular complexity index is 542. The first-order valence-electron chi connectivity index (χ1n) is 9.01. The number of hydrogen-bond acceptors (Lipinski definition) is 5. The number of likely N-dealkylation sites (N-methyl/N-ethyl adjacent to an activating group) is 1. The fourth-order valence-corrected chi connectivity index (χ4v) is 4.10. The van der Waals surface area contributed by atoms with E-state index in [0.717, 1.165) is 38.9 Å². The van der Waals surface area contributed by atoms with Crippen LogP contribution in [0.4, 0.5) is 0 Å². The molecule has 1 amide bonds. The van der Waals surface area contributed by atoms with E-state index in [1.54, 1.807) is 11.3 Å². The van der Waals surface area contributed by atoms with Crippen molar-refractivity contribution >= 4 is 23.2 Å². The highest BCUT2D eigenvalue weighted by molar-refractivity contribution is 7.09. The molecule has 6 nitrogen and oxygen atoms in total. The lowest BCUT2D eigenvalue weighted by molar-refractivity contribution is -0.139. The maximum atomic E-state index is 12.4. The minimum atomic E-state index is -0.775. The summed E-state index contributed by atoms with van der Waals surface area (Å²) >= 11 is 1.71. The van der Waals surface area contributed by atoms with Crippen LogP contribution in [0, 0.1) is 0 Å². The largest absolute Gasteiger partial charge is 0.480 e. The van der Waals surface area contributed by atoms with Crippen LogP contribution in [0.3, 0.4) is 0 Å². The Hall–Kier alpha value is -1.44. The molecule has 1 aromatic heterocycles. The number of hydrogen-bond donors (Lipinski definition) is 2. The third kappa shape index (κ3) is 6.09. The summed E-state index contributed by atoms with van der Waals surface area (Å²) < 4.78 is 0. The first kappa shape index (κ1) is 19.9. The number of amides is 1. The Labute approximate surface area is 153 Å². The van der Waals surface area contributed by atoms with Gasteiger partial charge in [0.25, 0.3) is 0 Å². The van der Waals surface area contributed by atoms with E-state index in [0.29, 0.717) is 12.6 Å². The number of rotatable bonds is 9. The zero-order valence-corrected chi connectivity index (χ0v) is 15.9. The molecular weight excluding hydrogens is 338 g/mol. The van der Waals surface area contributed by atoms with E-state index < -0.39 is 5.97 Å². The molecule has 0 saturated carbocycles. The Morgan fingerprint density at radius 3 is 2.72 bits per heavy atom. The first-order valence-corrected chi connectivity index (χ1v) is 9.89. The highest BCUT2D eigenvalue weighted by Gasteiger charge is 2.29.